The minimum absolute atomic E-state index is 0.840. The van der Waals surface area contributed by atoms with Crippen molar-refractivity contribution >= 4 is 34.1 Å². The molecule has 0 amide bonds. The highest BCUT2D eigenvalue weighted by Crippen LogP contribution is 2.45. The van der Waals surface area contributed by atoms with Crippen LogP contribution in [-0.2, 0) is 12.8 Å². The van der Waals surface area contributed by atoms with E-state index >= 15 is 0 Å². The third-order valence-electron chi connectivity index (χ3n) is 7.82. The van der Waals surface area contributed by atoms with Gasteiger partial charge >= 0.3 is 0 Å². The summed E-state index contributed by atoms with van der Waals surface area (Å²) in [6.45, 7) is 0. The molecule has 6 heteroatoms. The van der Waals surface area contributed by atoms with Crippen LogP contribution >= 0.6 is 0 Å². The molecule has 0 aliphatic carbocycles. The van der Waals surface area contributed by atoms with E-state index in [1.165, 1.54) is 56.1 Å². The number of nitrogens with zero attached hydrogens (tertiary/aromatic N) is 6. The molecule has 0 radical (unpaired) electrons. The number of anilines is 6. The Balaban J connectivity index is 1.13. The Hall–Kier alpha value is -5.36. The predicted octanol–water partition coefficient (Wildman–Crippen LogP) is 7.68. The lowest BCUT2D eigenvalue weighted by atomic mass is 9.97. The summed E-state index contributed by atoms with van der Waals surface area (Å²) in [5, 5.41) is 0. The zero-order valence-electron chi connectivity index (χ0n) is 21.6. The van der Waals surface area contributed by atoms with Crippen molar-refractivity contribution in [3.63, 3.8) is 0 Å². The summed E-state index contributed by atoms with van der Waals surface area (Å²) in [4.78, 5) is 22.1. The zero-order valence-corrected chi connectivity index (χ0v) is 21.6. The van der Waals surface area contributed by atoms with Crippen LogP contribution in [0.3, 0.4) is 0 Å². The van der Waals surface area contributed by atoms with E-state index < -0.39 is 0 Å². The van der Waals surface area contributed by atoms with Crippen LogP contribution in [0.4, 0.5) is 34.1 Å². The number of benzene rings is 2. The Labute approximate surface area is 232 Å². The smallest absolute Gasteiger partial charge is 0.0527 e. The standard InChI is InChI=1S/C34H24N6/c1-5-29(39-31-9-13-35-19-25(31)17-26-20-36-14-10-32(26)39)6-2-23(1)24-3-7-30(8-4-24)40-33-11-15-37-21-27(33)18-28-22-38-16-12-34(28)40/h1-16,19-22H,17-18H2. The number of hydrogen-bond acceptors (Lipinski definition) is 6. The van der Waals surface area contributed by atoms with E-state index in [0.717, 1.165) is 24.2 Å². The highest BCUT2D eigenvalue weighted by Gasteiger charge is 2.25. The molecule has 0 N–H and O–H groups in total. The lowest BCUT2D eigenvalue weighted by molar-refractivity contribution is 1.04. The molecular formula is C34H24N6. The molecule has 6 nitrogen and oxygen atoms in total. The molecule has 0 fully saturated rings. The van der Waals surface area contributed by atoms with Crippen molar-refractivity contribution in [2.45, 2.75) is 12.8 Å². The summed E-state index contributed by atoms with van der Waals surface area (Å²) >= 11 is 0. The van der Waals surface area contributed by atoms with Gasteiger partial charge < -0.3 is 9.80 Å². The first kappa shape index (κ1) is 22.6. The Bertz CT molecular complexity index is 1630. The second kappa shape index (κ2) is 9.13. The summed E-state index contributed by atoms with van der Waals surface area (Å²) in [6.07, 6.45) is 17.0. The lowest BCUT2D eigenvalue weighted by Crippen LogP contribution is -2.19. The second-order valence-electron chi connectivity index (χ2n) is 10.1. The van der Waals surface area contributed by atoms with Gasteiger partial charge in [0.05, 0.1) is 22.7 Å². The largest absolute Gasteiger partial charge is 0.310 e. The lowest BCUT2D eigenvalue weighted by Gasteiger charge is -2.33. The van der Waals surface area contributed by atoms with Crippen LogP contribution in [0.5, 0.6) is 0 Å². The fourth-order valence-electron chi connectivity index (χ4n) is 5.93. The van der Waals surface area contributed by atoms with Gasteiger partial charge in [-0.15, -0.1) is 0 Å². The maximum absolute atomic E-state index is 4.36. The van der Waals surface area contributed by atoms with Crippen molar-refractivity contribution in [3.05, 3.63) is 145 Å². The molecule has 8 rings (SSSR count). The maximum atomic E-state index is 4.36. The van der Waals surface area contributed by atoms with Gasteiger partial charge in [-0.25, -0.2) is 0 Å². The van der Waals surface area contributed by atoms with E-state index in [1.807, 2.05) is 49.6 Å². The summed E-state index contributed by atoms with van der Waals surface area (Å²) in [5.41, 5.74) is 14.0. The monoisotopic (exact) mass is 516 g/mol. The Morgan fingerprint density at radius 3 is 0.975 bits per heavy atom. The fourth-order valence-corrected chi connectivity index (χ4v) is 5.93. The van der Waals surface area contributed by atoms with E-state index in [9.17, 15) is 0 Å². The van der Waals surface area contributed by atoms with Gasteiger partial charge in [-0.1, -0.05) is 24.3 Å². The Morgan fingerprint density at radius 1 is 0.375 bits per heavy atom. The quantitative estimate of drug-likeness (QED) is 0.240. The van der Waals surface area contributed by atoms with Crippen LogP contribution in [0.1, 0.15) is 22.3 Å². The molecule has 0 spiro atoms. The molecular weight excluding hydrogens is 492 g/mol. The van der Waals surface area contributed by atoms with Gasteiger partial charge in [0.2, 0.25) is 0 Å². The number of aromatic nitrogens is 4. The molecule has 0 saturated heterocycles. The van der Waals surface area contributed by atoms with E-state index in [2.05, 4.69) is 103 Å². The van der Waals surface area contributed by atoms with Gasteiger partial charge in [0, 0.05) is 73.8 Å². The highest BCUT2D eigenvalue weighted by atomic mass is 15.2. The normalized spacial score (nSPS) is 13.2. The number of hydrogen-bond donors (Lipinski definition) is 0. The van der Waals surface area contributed by atoms with Crippen LogP contribution in [0.2, 0.25) is 0 Å². The Kier molecular flexibility index (Phi) is 5.16. The molecule has 6 aromatic rings. The average Bonchev–Trinajstić information content (AvgIpc) is 3.03. The minimum Gasteiger partial charge on any atom is -0.310 e. The van der Waals surface area contributed by atoms with Gasteiger partial charge in [-0.05, 0) is 81.9 Å². The molecule has 2 aliphatic heterocycles. The van der Waals surface area contributed by atoms with Crippen molar-refractivity contribution in [1.82, 2.24) is 19.9 Å². The summed E-state index contributed by atoms with van der Waals surface area (Å²) in [7, 11) is 0. The van der Waals surface area contributed by atoms with Gasteiger partial charge in [0.15, 0.2) is 0 Å². The summed E-state index contributed by atoms with van der Waals surface area (Å²) in [5.74, 6) is 0. The fraction of sp³-hybridized carbons (Fsp3) is 0.0588. The molecule has 2 aliphatic rings. The van der Waals surface area contributed by atoms with Crippen molar-refractivity contribution < 1.29 is 0 Å². The summed E-state index contributed by atoms with van der Waals surface area (Å²) < 4.78 is 0. The molecule has 0 saturated carbocycles. The van der Waals surface area contributed by atoms with Crippen LogP contribution < -0.4 is 9.80 Å². The topological polar surface area (TPSA) is 58.0 Å². The van der Waals surface area contributed by atoms with E-state index in [0.29, 0.717) is 0 Å². The van der Waals surface area contributed by atoms with Crippen LogP contribution in [0.15, 0.2) is 122 Å². The molecule has 40 heavy (non-hydrogen) atoms. The molecule has 4 aromatic heterocycles. The highest BCUT2D eigenvalue weighted by molar-refractivity contribution is 5.85. The molecule has 2 aromatic carbocycles. The summed E-state index contributed by atoms with van der Waals surface area (Å²) in [6, 6.07) is 25.9. The van der Waals surface area contributed by atoms with Crippen LogP contribution in [-0.4, -0.2) is 19.9 Å². The first-order chi connectivity index (χ1) is 19.8. The molecule has 0 atom stereocenters. The van der Waals surface area contributed by atoms with Crippen molar-refractivity contribution in [3.8, 4) is 11.1 Å². The first-order valence-corrected chi connectivity index (χ1v) is 13.4. The second-order valence-corrected chi connectivity index (χ2v) is 10.1. The maximum Gasteiger partial charge on any atom is 0.0527 e. The van der Waals surface area contributed by atoms with E-state index in [1.54, 1.807) is 0 Å². The molecule has 190 valence electrons. The Morgan fingerprint density at radius 2 is 0.675 bits per heavy atom. The van der Waals surface area contributed by atoms with E-state index in [4.69, 9.17) is 0 Å². The van der Waals surface area contributed by atoms with Crippen LogP contribution in [0.25, 0.3) is 11.1 Å². The molecule has 0 unspecified atom stereocenters. The third kappa shape index (κ3) is 3.65. The number of pyridine rings is 4. The van der Waals surface area contributed by atoms with Crippen LogP contribution in [0, 0.1) is 0 Å². The van der Waals surface area contributed by atoms with Gasteiger partial charge in [0.1, 0.15) is 0 Å². The van der Waals surface area contributed by atoms with Crippen molar-refractivity contribution in [1.29, 1.82) is 0 Å². The van der Waals surface area contributed by atoms with Crippen molar-refractivity contribution in [2.75, 3.05) is 9.80 Å². The predicted molar refractivity (Wildman–Crippen MR) is 158 cm³/mol. The number of fused-ring (bicyclic) bond motifs is 4. The molecule has 0 bridgehead atoms. The first-order valence-electron chi connectivity index (χ1n) is 13.4. The van der Waals surface area contributed by atoms with Crippen molar-refractivity contribution in [2.24, 2.45) is 0 Å². The third-order valence-corrected chi connectivity index (χ3v) is 7.82. The van der Waals surface area contributed by atoms with Gasteiger partial charge in [-0.3, -0.25) is 19.9 Å². The zero-order chi connectivity index (χ0) is 26.5. The van der Waals surface area contributed by atoms with Gasteiger partial charge in [-0.2, -0.15) is 0 Å². The van der Waals surface area contributed by atoms with Gasteiger partial charge in [0.25, 0.3) is 0 Å². The molecule has 6 heterocycles. The number of rotatable bonds is 3. The SMILES string of the molecule is c1cc2c(cn1)Cc1cnccc1N2c1ccc(-c2ccc(N3c4ccncc4Cc4cnccc43)cc2)cc1. The van der Waals surface area contributed by atoms with E-state index in [-0.39, 0.29) is 0 Å². The average molecular weight is 517 g/mol. The minimum atomic E-state index is 0.840.